The standard InChI is InChI=1S/C22H21N3O4S/c1-16(26)25-19-9-5-7-17(13-19)22(27)24-15-21(18-8-6-12-23-14-18)30(28,29)20-10-3-2-4-11-20/h2-14,21H,15H2,1H3,(H,24,27)(H,25,26). The van der Waals surface area contributed by atoms with Crippen molar-refractivity contribution in [3.63, 3.8) is 0 Å². The van der Waals surface area contributed by atoms with E-state index in [2.05, 4.69) is 15.6 Å². The number of rotatable bonds is 7. The second kappa shape index (κ2) is 9.32. The average molecular weight is 423 g/mol. The first-order valence-corrected chi connectivity index (χ1v) is 10.8. The van der Waals surface area contributed by atoms with Gasteiger partial charge < -0.3 is 10.6 Å². The van der Waals surface area contributed by atoms with E-state index in [1.54, 1.807) is 54.7 Å². The van der Waals surface area contributed by atoms with E-state index in [4.69, 9.17) is 0 Å². The first-order chi connectivity index (χ1) is 14.4. The van der Waals surface area contributed by atoms with Crippen molar-refractivity contribution in [1.29, 1.82) is 0 Å². The molecule has 0 aliphatic carbocycles. The molecule has 30 heavy (non-hydrogen) atoms. The molecular formula is C22H21N3O4S. The van der Waals surface area contributed by atoms with Gasteiger partial charge in [-0.3, -0.25) is 14.6 Å². The van der Waals surface area contributed by atoms with Gasteiger partial charge in [0.05, 0.1) is 4.90 Å². The van der Waals surface area contributed by atoms with E-state index < -0.39 is 21.0 Å². The van der Waals surface area contributed by atoms with E-state index in [-0.39, 0.29) is 17.3 Å². The van der Waals surface area contributed by atoms with Gasteiger partial charge in [0.25, 0.3) is 5.91 Å². The summed E-state index contributed by atoms with van der Waals surface area (Å²) in [6.45, 7) is 1.24. The highest BCUT2D eigenvalue weighted by molar-refractivity contribution is 7.91. The number of aromatic nitrogens is 1. The summed E-state index contributed by atoms with van der Waals surface area (Å²) in [7, 11) is -3.77. The molecule has 0 bridgehead atoms. The molecule has 1 unspecified atom stereocenters. The number of carbonyl (C=O) groups excluding carboxylic acids is 2. The summed E-state index contributed by atoms with van der Waals surface area (Å²) in [5, 5.41) is 4.31. The van der Waals surface area contributed by atoms with Crippen LogP contribution in [-0.2, 0) is 14.6 Å². The highest BCUT2D eigenvalue weighted by Gasteiger charge is 2.29. The van der Waals surface area contributed by atoms with Crippen molar-refractivity contribution in [3.8, 4) is 0 Å². The van der Waals surface area contributed by atoms with Gasteiger partial charge in [0.15, 0.2) is 9.84 Å². The minimum atomic E-state index is -3.77. The maximum Gasteiger partial charge on any atom is 0.251 e. The summed E-state index contributed by atoms with van der Waals surface area (Å²) in [4.78, 5) is 28.1. The lowest BCUT2D eigenvalue weighted by Crippen LogP contribution is -2.32. The van der Waals surface area contributed by atoms with E-state index in [1.807, 2.05) is 0 Å². The summed E-state index contributed by atoms with van der Waals surface area (Å²) in [5.41, 5.74) is 1.27. The Morgan fingerprint density at radius 3 is 2.43 bits per heavy atom. The van der Waals surface area contributed by atoms with E-state index >= 15 is 0 Å². The van der Waals surface area contributed by atoms with Gasteiger partial charge in [-0.25, -0.2) is 8.42 Å². The summed E-state index contributed by atoms with van der Waals surface area (Å²) in [5.74, 6) is -0.697. The molecule has 0 aliphatic heterocycles. The molecule has 1 atom stereocenters. The van der Waals surface area contributed by atoms with Crippen LogP contribution in [0.25, 0.3) is 0 Å². The molecule has 2 N–H and O–H groups in total. The Morgan fingerprint density at radius 1 is 1.00 bits per heavy atom. The van der Waals surface area contributed by atoms with Gasteiger partial charge in [-0.1, -0.05) is 30.3 Å². The number of amides is 2. The molecule has 0 radical (unpaired) electrons. The van der Waals surface area contributed by atoms with Gasteiger partial charge in [0.1, 0.15) is 5.25 Å². The maximum atomic E-state index is 13.2. The molecule has 2 aromatic carbocycles. The summed E-state index contributed by atoms with van der Waals surface area (Å²) < 4.78 is 26.5. The van der Waals surface area contributed by atoms with Gasteiger partial charge in [0, 0.05) is 37.1 Å². The fourth-order valence-electron chi connectivity index (χ4n) is 2.98. The minimum Gasteiger partial charge on any atom is -0.350 e. The number of carbonyl (C=O) groups is 2. The van der Waals surface area contributed by atoms with Crippen molar-refractivity contribution in [3.05, 3.63) is 90.3 Å². The molecule has 8 heteroatoms. The molecule has 2 amide bonds. The van der Waals surface area contributed by atoms with Gasteiger partial charge in [-0.05, 0) is 42.0 Å². The van der Waals surface area contributed by atoms with Gasteiger partial charge in [0.2, 0.25) is 5.91 Å². The number of hydrogen-bond acceptors (Lipinski definition) is 5. The molecule has 154 valence electrons. The molecule has 0 fully saturated rings. The molecule has 0 saturated carbocycles. The number of hydrogen-bond donors (Lipinski definition) is 2. The van der Waals surface area contributed by atoms with E-state index in [0.717, 1.165) is 0 Å². The summed E-state index contributed by atoms with van der Waals surface area (Å²) in [6.07, 6.45) is 3.04. The molecule has 0 spiro atoms. The van der Waals surface area contributed by atoms with Crippen LogP contribution in [0.15, 0.2) is 84.0 Å². The second-order valence-electron chi connectivity index (χ2n) is 6.61. The minimum absolute atomic E-state index is 0.133. The van der Waals surface area contributed by atoms with Crippen LogP contribution in [0.4, 0.5) is 5.69 Å². The zero-order valence-electron chi connectivity index (χ0n) is 16.3. The lowest BCUT2D eigenvalue weighted by molar-refractivity contribution is -0.114. The Bertz CT molecular complexity index is 1130. The maximum absolute atomic E-state index is 13.2. The molecule has 3 rings (SSSR count). The Hall–Kier alpha value is -3.52. The second-order valence-corrected chi connectivity index (χ2v) is 8.74. The molecule has 1 aromatic heterocycles. The van der Waals surface area contributed by atoms with Gasteiger partial charge in [-0.15, -0.1) is 0 Å². The average Bonchev–Trinajstić information content (AvgIpc) is 2.75. The van der Waals surface area contributed by atoms with Crippen LogP contribution in [0.5, 0.6) is 0 Å². The van der Waals surface area contributed by atoms with E-state index in [9.17, 15) is 18.0 Å². The number of nitrogens with one attached hydrogen (secondary N) is 2. The Balaban J connectivity index is 1.85. The molecule has 1 heterocycles. The van der Waals surface area contributed by atoms with Crippen LogP contribution in [0.1, 0.15) is 28.1 Å². The first kappa shape index (κ1) is 21.2. The Kier molecular flexibility index (Phi) is 6.58. The third kappa shape index (κ3) is 5.09. The van der Waals surface area contributed by atoms with Crippen molar-refractivity contribution in [2.24, 2.45) is 0 Å². The zero-order valence-corrected chi connectivity index (χ0v) is 17.1. The van der Waals surface area contributed by atoms with E-state index in [0.29, 0.717) is 16.8 Å². The zero-order chi connectivity index (χ0) is 21.6. The van der Waals surface area contributed by atoms with Gasteiger partial charge >= 0.3 is 0 Å². The van der Waals surface area contributed by atoms with Crippen LogP contribution >= 0.6 is 0 Å². The monoisotopic (exact) mass is 423 g/mol. The fraction of sp³-hybridized carbons (Fsp3) is 0.136. The lowest BCUT2D eigenvalue weighted by Gasteiger charge is -2.19. The van der Waals surface area contributed by atoms with Crippen LogP contribution in [0.2, 0.25) is 0 Å². The summed E-state index contributed by atoms with van der Waals surface area (Å²) >= 11 is 0. The third-order valence-corrected chi connectivity index (χ3v) is 6.51. The lowest BCUT2D eigenvalue weighted by atomic mass is 10.1. The summed E-state index contributed by atoms with van der Waals surface area (Å²) in [6, 6.07) is 17.8. The predicted octanol–water partition coefficient (Wildman–Crippen LogP) is 2.99. The van der Waals surface area contributed by atoms with Crippen molar-refractivity contribution >= 4 is 27.3 Å². The number of anilines is 1. The Morgan fingerprint density at radius 2 is 1.77 bits per heavy atom. The first-order valence-electron chi connectivity index (χ1n) is 9.22. The molecule has 3 aromatic rings. The smallest absolute Gasteiger partial charge is 0.251 e. The van der Waals surface area contributed by atoms with Crippen LogP contribution in [0.3, 0.4) is 0 Å². The number of pyridine rings is 1. The van der Waals surface area contributed by atoms with Crippen molar-refractivity contribution < 1.29 is 18.0 Å². The molecule has 0 saturated heterocycles. The molecular weight excluding hydrogens is 402 g/mol. The topological polar surface area (TPSA) is 105 Å². The molecule has 0 aliphatic rings. The van der Waals surface area contributed by atoms with Crippen LogP contribution in [0, 0.1) is 0 Å². The van der Waals surface area contributed by atoms with Crippen molar-refractivity contribution in [1.82, 2.24) is 10.3 Å². The normalized spacial score (nSPS) is 12.0. The largest absolute Gasteiger partial charge is 0.350 e. The number of nitrogens with zero attached hydrogens (tertiary/aromatic N) is 1. The number of benzene rings is 2. The van der Waals surface area contributed by atoms with Crippen molar-refractivity contribution in [2.45, 2.75) is 17.1 Å². The predicted molar refractivity (Wildman–Crippen MR) is 114 cm³/mol. The number of sulfone groups is 1. The van der Waals surface area contributed by atoms with Gasteiger partial charge in [-0.2, -0.15) is 0 Å². The molecule has 7 nitrogen and oxygen atoms in total. The van der Waals surface area contributed by atoms with E-state index in [1.165, 1.54) is 31.3 Å². The fourth-order valence-corrected chi connectivity index (χ4v) is 4.64. The quantitative estimate of drug-likeness (QED) is 0.608. The van der Waals surface area contributed by atoms with Crippen LogP contribution < -0.4 is 10.6 Å². The van der Waals surface area contributed by atoms with Crippen molar-refractivity contribution in [2.75, 3.05) is 11.9 Å². The highest BCUT2D eigenvalue weighted by atomic mass is 32.2. The van der Waals surface area contributed by atoms with Crippen LogP contribution in [-0.4, -0.2) is 31.8 Å². The SMILES string of the molecule is CC(=O)Nc1cccc(C(=O)NCC(c2cccnc2)S(=O)(=O)c2ccccc2)c1. The Labute approximate surface area is 175 Å². The third-order valence-electron chi connectivity index (χ3n) is 4.40. The highest BCUT2D eigenvalue weighted by Crippen LogP contribution is 2.28.